The van der Waals surface area contributed by atoms with Crippen molar-refractivity contribution in [2.24, 2.45) is 5.73 Å². The lowest BCUT2D eigenvalue weighted by molar-refractivity contribution is 0.149. The molecule has 1 nitrogen and oxygen atoms in total. The van der Waals surface area contributed by atoms with Crippen LogP contribution in [0.1, 0.15) is 25.0 Å². The Kier molecular flexibility index (Phi) is 3.21. The van der Waals surface area contributed by atoms with Crippen LogP contribution in [-0.2, 0) is 12.0 Å². The van der Waals surface area contributed by atoms with Crippen LogP contribution in [0.2, 0.25) is 0 Å². The number of halogens is 2. The topological polar surface area (TPSA) is 26.0 Å². The van der Waals surface area contributed by atoms with Gasteiger partial charge in [0.05, 0.1) is 0 Å². The Balaban J connectivity index is 2.79. The van der Waals surface area contributed by atoms with Crippen LogP contribution in [0.3, 0.4) is 0 Å². The molecule has 0 amide bonds. The van der Waals surface area contributed by atoms with E-state index in [1.165, 1.54) is 0 Å². The van der Waals surface area contributed by atoms with E-state index in [1.807, 2.05) is 13.8 Å². The normalized spacial score (nSPS) is 12.1. The van der Waals surface area contributed by atoms with Crippen LogP contribution in [0.25, 0.3) is 0 Å². The van der Waals surface area contributed by atoms with E-state index in [9.17, 15) is 8.78 Å². The summed E-state index contributed by atoms with van der Waals surface area (Å²) < 4.78 is 24.1. The maximum absolute atomic E-state index is 12.0. The summed E-state index contributed by atoms with van der Waals surface area (Å²) in [6.45, 7) is 3.77. The molecule has 0 aliphatic carbocycles. The molecule has 78 valence electrons. The molecule has 0 spiro atoms. The van der Waals surface area contributed by atoms with Gasteiger partial charge in [-0.3, -0.25) is 0 Å². The number of benzene rings is 1. The lowest BCUT2D eigenvalue weighted by atomic mass is 9.94. The van der Waals surface area contributed by atoms with Gasteiger partial charge in [-0.15, -0.1) is 0 Å². The summed E-state index contributed by atoms with van der Waals surface area (Å²) >= 11 is 0. The second kappa shape index (κ2) is 4.05. The molecular weight excluding hydrogens is 184 g/mol. The van der Waals surface area contributed by atoms with Gasteiger partial charge in [-0.25, -0.2) is 8.78 Å². The van der Waals surface area contributed by atoms with E-state index in [0.29, 0.717) is 5.56 Å². The first kappa shape index (κ1) is 11.1. The molecule has 1 aromatic rings. The van der Waals surface area contributed by atoms with Crippen molar-refractivity contribution < 1.29 is 8.78 Å². The molecule has 0 saturated heterocycles. The highest BCUT2D eigenvalue weighted by Crippen LogP contribution is 2.18. The first-order chi connectivity index (χ1) is 6.39. The van der Waals surface area contributed by atoms with Crippen molar-refractivity contribution in [2.45, 2.75) is 32.2 Å². The second-order valence-electron chi connectivity index (χ2n) is 4.01. The van der Waals surface area contributed by atoms with Crippen LogP contribution >= 0.6 is 0 Å². The number of alkyl halides is 2. The molecule has 0 atom stereocenters. The van der Waals surface area contributed by atoms with Gasteiger partial charge in [-0.1, -0.05) is 24.3 Å². The zero-order chi connectivity index (χ0) is 10.8. The molecule has 0 fully saturated rings. The van der Waals surface area contributed by atoms with Crippen molar-refractivity contribution in [1.82, 2.24) is 0 Å². The maximum Gasteiger partial charge on any atom is 0.242 e. The van der Waals surface area contributed by atoms with E-state index in [4.69, 9.17) is 5.73 Å². The summed E-state index contributed by atoms with van der Waals surface area (Å²) in [4.78, 5) is 0. The molecule has 0 bridgehead atoms. The molecule has 0 heterocycles. The Labute approximate surface area is 82.9 Å². The second-order valence-corrected chi connectivity index (χ2v) is 4.01. The van der Waals surface area contributed by atoms with Gasteiger partial charge in [-0.2, -0.15) is 0 Å². The van der Waals surface area contributed by atoms with Gasteiger partial charge in [0, 0.05) is 12.0 Å². The lowest BCUT2D eigenvalue weighted by Gasteiger charge is -2.19. The van der Waals surface area contributed by atoms with Gasteiger partial charge in [-0.05, 0) is 25.0 Å². The lowest BCUT2D eigenvalue weighted by Crippen LogP contribution is -2.28. The van der Waals surface area contributed by atoms with Crippen molar-refractivity contribution in [3.8, 4) is 0 Å². The van der Waals surface area contributed by atoms with E-state index in [-0.39, 0.29) is 6.42 Å². The zero-order valence-electron chi connectivity index (χ0n) is 8.43. The fourth-order valence-electron chi connectivity index (χ4n) is 1.25. The summed E-state index contributed by atoms with van der Waals surface area (Å²) in [5, 5.41) is 0. The molecule has 0 aliphatic rings. The highest BCUT2D eigenvalue weighted by Gasteiger charge is 2.13. The van der Waals surface area contributed by atoms with E-state index in [0.717, 1.165) is 5.56 Å². The van der Waals surface area contributed by atoms with Gasteiger partial charge < -0.3 is 5.73 Å². The molecule has 2 N–H and O–H groups in total. The Morgan fingerprint density at radius 1 is 1.21 bits per heavy atom. The summed E-state index contributed by atoms with van der Waals surface area (Å²) in [7, 11) is 0. The van der Waals surface area contributed by atoms with Crippen molar-refractivity contribution in [2.75, 3.05) is 0 Å². The summed E-state index contributed by atoms with van der Waals surface area (Å²) in [5.41, 5.74) is 7.05. The van der Waals surface area contributed by atoms with Crippen molar-refractivity contribution in [3.63, 3.8) is 0 Å². The molecular formula is C11H15F2N. The number of hydrogen-bond donors (Lipinski definition) is 1. The molecule has 1 rings (SSSR count). The van der Waals surface area contributed by atoms with Crippen LogP contribution < -0.4 is 5.73 Å². The monoisotopic (exact) mass is 199 g/mol. The van der Waals surface area contributed by atoms with Crippen LogP contribution in [0.15, 0.2) is 24.3 Å². The smallest absolute Gasteiger partial charge is 0.242 e. The predicted octanol–water partition coefficient (Wildman–Crippen LogP) is 2.69. The average molecular weight is 199 g/mol. The Bertz CT molecular complexity index is 285. The first-order valence-electron chi connectivity index (χ1n) is 4.56. The average Bonchev–Trinajstić information content (AvgIpc) is 2.02. The first-order valence-corrected chi connectivity index (χ1v) is 4.56. The van der Waals surface area contributed by atoms with Crippen LogP contribution in [0.5, 0.6) is 0 Å². The fraction of sp³-hybridized carbons (Fsp3) is 0.455. The predicted molar refractivity (Wildman–Crippen MR) is 53.4 cm³/mol. The maximum atomic E-state index is 12.0. The summed E-state index contributed by atoms with van der Waals surface area (Å²) in [6.07, 6.45) is -2.47. The summed E-state index contributed by atoms with van der Waals surface area (Å²) in [6, 6.07) is 7.02. The molecule has 0 radical (unpaired) electrons. The standard InChI is InChI=1S/C11H15F2N/c1-11(2,14)9-5-3-8(4-6-9)7-10(12)13/h3-6,10H,7,14H2,1-2H3. The van der Waals surface area contributed by atoms with Crippen LogP contribution in [-0.4, -0.2) is 6.43 Å². The van der Waals surface area contributed by atoms with Crippen LogP contribution in [0.4, 0.5) is 8.78 Å². The van der Waals surface area contributed by atoms with Gasteiger partial charge in [0.15, 0.2) is 0 Å². The van der Waals surface area contributed by atoms with Gasteiger partial charge in [0.1, 0.15) is 0 Å². The van der Waals surface area contributed by atoms with Crippen LogP contribution in [0, 0.1) is 0 Å². The van der Waals surface area contributed by atoms with Gasteiger partial charge in [0.25, 0.3) is 0 Å². The van der Waals surface area contributed by atoms with Gasteiger partial charge in [0.2, 0.25) is 6.43 Å². The minimum absolute atomic E-state index is 0.189. The van der Waals surface area contributed by atoms with E-state index < -0.39 is 12.0 Å². The van der Waals surface area contributed by atoms with Crippen molar-refractivity contribution in [3.05, 3.63) is 35.4 Å². The third-order valence-electron chi connectivity index (χ3n) is 2.09. The Morgan fingerprint density at radius 3 is 2.07 bits per heavy atom. The highest BCUT2D eigenvalue weighted by atomic mass is 19.3. The van der Waals surface area contributed by atoms with Gasteiger partial charge >= 0.3 is 0 Å². The number of nitrogens with two attached hydrogens (primary N) is 1. The molecule has 0 unspecified atom stereocenters. The molecule has 1 aromatic carbocycles. The molecule has 0 aliphatic heterocycles. The molecule has 3 heteroatoms. The quantitative estimate of drug-likeness (QED) is 0.795. The molecule has 14 heavy (non-hydrogen) atoms. The third-order valence-corrected chi connectivity index (χ3v) is 2.09. The fourth-order valence-corrected chi connectivity index (χ4v) is 1.25. The zero-order valence-corrected chi connectivity index (χ0v) is 8.43. The Hall–Kier alpha value is -0.960. The largest absolute Gasteiger partial charge is 0.322 e. The highest BCUT2D eigenvalue weighted by molar-refractivity contribution is 5.27. The number of hydrogen-bond acceptors (Lipinski definition) is 1. The van der Waals surface area contributed by atoms with E-state index in [2.05, 4.69) is 0 Å². The summed E-state index contributed by atoms with van der Waals surface area (Å²) in [5.74, 6) is 0. The third kappa shape index (κ3) is 3.07. The van der Waals surface area contributed by atoms with E-state index in [1.54, 1.807) is 24.3 Å². The number of rotatable bonds is 3. The molecule has 0 aromatic heterocycles. The Morgan fingerprint density at radius 2 is 1.71 bits per heavy atom. The van der Waals surface area contributed by atoms with Crippen molar-refractivity contribution >= 4 is 0 Å². The minimum Gasteiger partial charge on any atom is -0.322 e. The minimum atomic E-state index is -2.29. The van der Waals surface area contributed by atoms with Crippen molar-refractivity contribution in [1.29, 1.82) is 0 Å². The van der Waals surface area contributed by atoms with E-state index >= 15 is 0 Å². The molecule has 0 saturated carbocycles. The SMILES string of the molecule is CC(C)(N)c1ccc(CC(F)F)cc1.